The van der Waals surface area contributed by atoms with Gasteiger partial charge in [0, 0.05) is 37.4 Å². The highest BCUT2D eigenvalue weighted by Gasteiger charge is 2.21. The molecular formula is C19H29N3O3. The van der Waals surface area contributed by atoms with E-state index in [1.807, 2.05) is 11.8 Å². The zero-order valence-corrected chi connectivity index (χ0v) is 15.2. The van der Waals surface area contributed by atoms with Gasteiger partial charge in [0.2, 0.25) is 0 Å². The van der Waals surface area contributed by atoms with E-state index in [1.54, 1.807) is 29.2 Å². The third-order valence-corrected chi connectivity index (χ3v) is 4.60. The molecule has 6 nitrogen and oxygen atoms in total. The van der Waals surface area contributed by atoms with Gasteiger partial charge in [-0.25, -0.2) is 4.79 Å². The topological polar surface area (TPSA) is 72.9 Å². The molecule has 25 heavy (non-hydrogen) atoms. The van der Waals surface area contributed by atoms with Gasteiger partial charge in [0.15, 0.2) is 0 Å². The molecule has 2 rings (SSSR count). The van der Waals surface area contributed by atoms with Crippen molar-refractivity contribution in [3.8, 4) is 0 Å². The van der Waals surface area contributed by atoms with E-state index in [1.165, 1.54) is 0 Å². The minimum Gasteiger partial charge on any atom is -0.395 e. The molecule has 0 saturated carbocycles. The molecule has 1 saturated heterocycles. The Kier molecular flexibility index (Phi) is 7.25. The summed E-state index contributed by atoms with van der Waals surface area (Å²) >= 11 is 0. The van der Waals surface area contributed by atoms with Crippen molar-refractivity contribution in [3.63, 3.8) is 0 Å². The minimum absolute atomic E-state index is 0.0534. The Labute approximate surface area is 149 Å². The molecule has 0 spiro atoms. The summed E-state index contributed by atoms with van der Waals surface area (Å²) in [6.45, 7) is 6.67. The first-order chi connectivity index (χ1) is 12.0. The molecule has 1 aliphatic heterocycles. The van der Waals surface area contributed by atoms with Crippen LogP contribution in [0.3, 0.4) is 0 Å². The van der Waals surface area contributed by atoms with Gasteiger partial charge in [0.25, 0.3) is 5.91 Å². The maximum absolute atomic E-state index is 12.5. The summed E-state index contributed by atoms with van der Waals surface area (Å²) in [5.41, 5.74) is 1.29. The van der Waals surface area contributed by atoms with Gasteiger partial charge < -0.3 is 20.2 Å². The molecular weight excluding hydrogens is 318 g/mol. The van der Waals surface area contributed by atoms with Gasteiger partial charge in [-0.15, -0.1) is 0 Å². The van der Waals surface area contributed by atoms with Gasteiger partial charge in [0.1, 0.15) is 0 Å². The molecule has 0 aliphatic carbocycles. The van der Waals surface area contributed by atoms with Crippen molar-refractivity contribution in [1.82, 2.24) is 9.80 Å². The third kappa shape index (κ3) is 5.46. The lowest BCUT2D eigenvalue weighted by molar-refractivity contribution is 0.0697. The Morgan fingerprint density at radius 2 is 1.84 bits per heavy atom. The second-order valence-corrected chi connectivity index (χ2v) is 6.69. The van der Waals surface area contributed by atoms with Crippen LogP contribution in [-0.4, -0.2) is 59.6 Å². The van der Waals surface area contributed by atoms with Crippen molar-refractivity contribution in [3.05, 3.63) is 29.8 Å². The van der Waals surface area contributed by atoms with Crippen molar-refractivity contribution in [1.29, 1.82) is 0 Å². The van der Waals surface area contributed by atoms with E-state index in [4.69, 9.17) is 5.11 Å². The molecule has 1 aromatic carbocycles. The van der Waals surface area contributed by atoms with Crippen LogP contribution in [0.5, 0.6) is 0 Å². The van der Waals surface area contributed by atoms with Crippen LogP contribution < -0.4 is 5.32 Å². The fraction of sp³-hybridized carbons (Fsp3) is 0.579. The van der Waals surface area contributed by atoms with Crippen LogP contribution in [0.25, 0.3) is 0 Å². The molecule has 3 amide bonds. The second-order valence-electron chi connectivity index (χ2n) is 6.69. The number of hydrogen-bond donors (Lipinski definition) is 2. The molecule has 6 heteroatoms. The summed E-state index contributed by atoms with van der Waals surface area (Å²) in [6.07, 6.45) is 2.94. The van der Waals surface area contributed by atoms with Crippen molar-refractivity contribution in [2.75, 3.05) is 38.1 Å². The lowest BCUT2D eigenvalue weighted by atomic mass is 9.98. The molecule has 138 valence electrons. The largest absolute Gasteiger partial charge is 0.395 e. The van der Waals surface area contributed by atoms with E-state index in [0.29, 0.717) is 30.3 Å². The number of urea groups is 1. The maximum atomic E-state index is 12.5. The number of carbonyl (C=O) groups is 2. The van der Waals surface area contributed by atoms with Gasteiger partial charge in [-0.05, 0) is 49.4 Å². The third-order valence-electron chi connectivity index (χ3n) is 4.60. The highest BCUT2D eigenvalue weighted by molar-refractivity contribution is 5.95. The summed E-state index contributed by atoms with van der Waals surface area (Å²) < 4.78 is 0. The number of anilines is 1. The number of rotatable bonds is 6. The molecule has 1 heterocycles. The number of aliphatic hydroxyl groups excluding tert-OH is 1. The number of nitrogens with one attached hydrogen (secondary N) is 1. The Morgan fingerprint density at radius 1 is 1.20 bits per heavy atom. The Balaban J connectivity index is 1.94. The Bertz CT molecular complexity index is 560. The van der Waals surface area contributed by atoms with Crippen LogP contribution in [0.4, 0.5) is 10.5 Å². The fourth-order valence-electron chi connectivity index (χ4n) is 3.00. The number of nitrogens with zero attached hydrogens (tertiary/aromatic N) is 2. The molecule has 0 radical (unpaired) electrons. The lowest BCUT2D eigenvalue weighted by Gasteiger charge is -2.30. The summed E-state index contributed by atoms with van der Waals surface area (Å²) in [5, 5.41) is 11.9. The lowest BCUT2D eigenvalue weighted by Crippen LogP contribution is -2.38. The highest BCUT2D eigenvalue weighted by Crippen LogP contribution is 2.19. The minimum atomic E-state index is -0.236. The zero-order chi connectivity index (χ0) is 18.2. The highest BCUT2D eigenvalue weighted by atomic mass is 16.3. The maximum Gasteiger partial charge on any atom is 0.321 e. The van der Waals surface area contributed by atoms with E-state index >= 15 is 0 Å². The Hall–Kier alpha value is -2.08. The molecule has 1 aromatic rings. The van der Waals surface area contributed by atoms with Crippen LogP contribution in [-0.2, 0) is 0 Å². The van der Waals surface area contributed by atoms with Gasteiger partial charge in [0.05, 0.1) is 6.61 Å². The molecule has 1 fully saturated rings. The number of amides is 3. The van der Waals surface area contributed by atoms with Gasteiger partial charge in [-0.3, -0.25) is 4.79 Å². The molecule has 1 aliphatic rings. The first-order valence-electron chi connectivity index (χ1n) is 9.11. The predicted molar refractivity (Wildman–Crippen MR) is 98.7 cm³/mol. The van der Waals surface area contributed by atoms with Crippen LogP contribution in [0, 0.1) is 5.92 Å². The fourth-order valence-corrected chi connectivity index (χ4v) is 3.00. The molecule has 0 aromatic heterocycles. The van der Waals surface area contributed by atoms with Crippen LogP contribution >= 0.6 is 0 Å². The van der Waals surface area contributed by atoms with Crippen molar-refractivity contribution in [2.24, 2.45) is 5.92 Å². The normalized spacial score (nSPS) is 15.1. The molecule has 2 N–H and O–H groups in total. The average molecular weight is 347 g/mol. The first kappa shape index (κ1) is 19.2. The van der Waals surface area contributed by atoms with E-state index in [9.17, 15) is 9.59 Å². The number of benzene rings is 1. The molecule has 0 unspecified atom stereocenters. The standard InChI is InChI=1S/C19H29N3O3/c1-3-10-22(13-14-23)19(25)20-17-6-4-16(5-7-17)18(24)21-11-8-15(2)9-12-21/h4-7,15,23H,3,8-14H2,1-2H3,(H,20,25). The number of likely N-dealkylation sites (tertiary alicyclic amines) is 1. The summed E-state index contributed by atoms with van der Waals surface area (Å²) in [7, 11) is 0. The predicted octanol–water partition coefficient (Wildman–Crippen LogP) is 2.79. The smallest absolute Gasteiger partial charge is 0.321 e. The molecule has 0 bridgehead atoms. The van der Waals surface area contributed by atoms with Gasteiger partial charge >= 0.3 is 6.03 Å². The van der Waals surface area contributed by atoms with E-state index in [2.05, 4.69) is 12.2 Å². The Morgan fingerprint density at radius 3 is 2.40 bits per heavy atom. The van der Waals surface area contributed by atoms with Crippen LogP contribution in [0.2, 0.25) is 0 Å². The number of hydrogen-bond acceptors (Lipinski definition) is 3. The summed E-state index contributed by atoms with van der Waals surface area (Å²) in [5.74, 6) is 0.740. The van der Waals surface area contributed by atoms with E-state index in [-0.39, 0.29) is 18.5 Å². The quantitative estimate of drug-likeness (QED) is 0.831. The number of aliphatic hydroxyl groups is 1. The molecule has 0 atom stereocenters. The zero-order valence-electron chi connectivity index (χ0n) is 15.2. The number of carbonyl (C=O) groups excluding carboxylic acids is 2. The summed E-state index contributed by atoms with van der Waals surface area (Å²) in [4.78, 5) is 28.2. The van der Waals surface area contributed by atoms with Crippen LogP contribution in [0.15, 0.2) is 24.3 Å². The van der Waals surface area contributed by atoms with E-state index < -0.39 is 0 Å². The summed E-state index contributed by atoms with van der Waals surface area (Å²) in [6, 6.07) is 6.78. The second kappa shape index (κ2) is 9.42. The monoisotopic (exact) mass is 347 g/mol. The first-order valence-corrected chi connectivity index (χ1v) is 9.11. The van der Waals surface area contributed by atoms with Crippen molar-refractivity contribution >= 4 is 17.6 Å². The van der Waals surface area contributed by atoms with Gasteiger partial charge in [-0.2, -0.15) is 0 Å². The van der Waals surface area contributed by atoms with Crippen molar-refractivity contribution < 1.29 is 14.7 Å². The number of piperidine rings is 1. The van der Waals surface area contributed by atoms with Gasteiger partial charge in [-0.1, -0.05) is 13.8 Å². The SMILES string of the molecule is CCCN(CCO)C(=O)Nc1ccc(C(=O)N2CCC(C)CC2)cc1. The average Bonchev–Trinajstić information content (AvgIpc) is 2.62. The van der Waals surface area contributed by atoms with Crippen LogP contribution in [0.1, 0.15) is 43.5 Å². The van der Waals surface area contributed by atoms with Crippen molar-refractivity contribution in [2.45, 2.75) is 33.1 Å². The van der Waals surface area contributed by atoms with E-state index in [0.717, 1.165) is 32.4 Å².